The molecule has 0 saturated heterocycles. The van der Waals surface area contributed by atoms with E-state index in [1.807, 2.05) is 11.8 Å². The van der Waals surface area contributed by atoms with Crippen LogP contribution in [0, 0.1) is 12.3 Å². The summed E-state index contributed by atoms with van der Waals surface area (Å²) in [6.45, 7) is 8.53. The number of nitrogens with zero attached hydrogens (tertiary/aromatic N) is 1. The van der Waals surface area contributed by atoms with Crippen LogP contribution in [0.4, 0.5) is 0 Å². The van der Waals surface area contributed by atoms with Crippen LogP contribution in [-0.2, 0) is 6.54 Å². The van der Waals surface area contributed by atoms with E-state index in [2.05, 4.69) is 50.4 Å². The lowest BCUT2D eigenvalue weighted by Gasteiger charge is -2.33. The van der Waals surface area contributed by atoms with Crippen LogP contribution in [0.3, 0.4) is 0 Å². The first-order valence-electron chi connectivity index (χ1n) is 7.14. The highest BCUT2D eigenvalue weighted by atomic mass is 32.2. The molecule has 0 radical (unpaired) electrons. The van der Waals surface area contributed by atoms with Gasteiger partial charge in [0.15, 0.2) is 5.17 Å². The molecule has 0 fully saturated rings. The molecular weight excluding hydrogens is 252 g/mol. The first-order valence-corrected chi connectivity index (χ1v) is 8.13. The van der Waals surface area contributed by atoms with Gasteiger partial charge in [-0.1, -0.05) is 55.4 Å². The third-order valence-electron chi connectivity index (χ3n) is 4.14. The molecule has 0 unspecified atom stereocenters. The second-order valence-electron chi connectivity index (χ2n) is 5.46. The predicted octanol–water partition coefficient (Wildman–Crippen LogP) is 3.99. The van der Waals surface area contributed by atoms with E-state index in [0.29, 0.717) is 5.41 Å². The molecule has 0 aliphatic carbocycles. The minimum Gasteiger partial charge on any atom is -0.361 e. The molecule has 1 heterocycles. The smallest absolute Gasteiger partial charge is 0.156 e. The molecule has 104 valence electrons. The molecule has 0 spiro atoms. The topological polar surface area (TPSA) is 24.4 Å². The van der Waals surface area contributed by atoms with Gasteiger partial charge in [-0.3, -0.25) is 4.99 Å². The van der Waals surface area contributed by atoms with Gasteiger partial charge in [-0.15, -0.1) is 0 Å². The summed E-state index contributed by atoms with van der Waals surface area (Å²) in [5.74, 6) is 1.19. The summed E-state index contributed by atoms with van der Waals surface area (Å²) in [5, 5.41) is 4.57. The first kappa shape index (κ1) is 14.4. The number of hydrogen-bond donors (Lipinski definition) is 1. The summed E-state index contributed by atoms with van der Waals surface area (Å²) in [7, 11) is 0. The summed E-state index contributed by atoms with van der Waals surface area (Å²) in [5.41, 5.74) is 3.06. The monoisotopic (exact) mass is 276 g/mol. The predicted molar refractivity (Wildman–Crippen MR) is 85.8 cm³/mol. The Morgan fingerprint density at radius 2 is 1.89 bits per heavy atom. The molecule has 2 rings (SSSR count). The lowest BCUT2D eigenvalue weighted by Crippen LogP contribution is -2.34. The second-order valence-corrected chi connectivity index (χ2v) is 6.42. The van der Waals surface area contributed by atoms with E-state index in [9.17, 15) is 0 Å². The number of benzene rings is 1. The zero-order valence-corrected chi connectivity index (χ0v) is 13.0. The second kappa shape index (κ2) is 6.47. The molecular formula is C16H24N2S. The van der Waals surface area contributed by atoms with E-state index in [1.165, 1.54) is 29.7 Å². The molecule has 1 aromatic rings. The van der Waals surface area contributed by atoms with Gasteiger partial charge in [0.2, 0.25) is 0 Å². The number of amidine groups is 1. The quantitative estimate of drug-likeness (QED) is 0.899. The Morgan fingerprint density at radius 3 is 2.42 bits per heavy atom. The Hall–Kier alpha value is -0.960. The molecule has 0 amide bonds. The largest absolute Gasteiger partial charge is 0.361 e. The zero-order valence-electron chi connectivity index (χ0n) is 12.2. The molecule has 1 N–H and O–H groups in total. The highest BCUT2D eigenvalue weighted by Crippen LogP contribution is 2.34. The van der Waals surface area contributed by atoms with Crippen molar-refractivity contribution in [2.45, 2.75) is 40.2 Å². The van der Waals surface area contributed by atoms with Gasteiger partial charge in [0, 0.05) is 18.8 Å². The van der Waals surface area contributed by atoms with Crippen LogP contribution >= 0.6 is 11.8 Å². The summed E-state index contributed by atoms with van der Waals surface area (Å²) >= 11 is 1.88. The number of rotatable bonds is 4. The maximum absolute atomic E-state index is 4.73. The molecule has 19 heavy (non-hydrogen) atoms. The fourth-order valence-electron chi connectivity index (χ4n) is 2.22. The first-order chi connectivity index (χ1) is 9.17. The Labute approximate surface area is 121 Å². The number of hydrogen-bond acceptors (Lipinski definition) is 3. The van der Waals surface area contributed by atoms with E-state index in [1.54, 1.807) is 0 Å². The molecule has 1 aromatic carbocycles. The summed E-state index contributed by atoms with van der Waals surface area (Å²) in [6.07, 6.45) is 2.45. The standard InChI is InChI=1S/C16H24N2S/c1-4-16(5-2)11-18-15(19-12-16)17-10-14-8-6-13(3)7-9-14/h6-9H,4-5,10-12H2,1-3H3,(H,17,18). The van der Waals surface area contributed by atoms with Crippen molar-refractivity contribution in [1.29, 1.82) is 0 Å². The van der Waals surface area contributed by atoms with E-state index < -0.39 is 0 Å². The molecule has 1 aliphatic rings. The molecule has 3 heteroatoms. The maximum Gasteiger partial charge on any atom is 0.156 e. The summed E-state index contributed by atoms with van der Waals surface area (Å²) < 4.78 is 0. The normalized spacial score (nSPS) is 17.9. The fourth-order valence-corrected chi connectivity index (χ4v) is 3.49. The minimum absolute atomic E-state index is 0.430. The van der Waals surface area contributed by atoms with Crippen LogP contribution in [0.25, 0.3) is 0 Å². The van der Waals surface area contributed by atoms with E-state index in [0.717, 1.165) is 18.3 Å². The molecule has 0 bridgehead atoms. The van der Waals surface area contributed by atoms with E-state index in [-0.39, 0.29) is 0 Å². The minimum atomic E-state index is 0.430. The van der Waals surface area contributed by atoms with Gasteiger partial charge in [-0.2, -0.15) is 0 Å². The number of aryl methyl sites for hydroxylation is 1. The third kappa shape index (κ3) is 3.75. The molecule has 1 aliphatic heterocycles. The van der Waals surface area contributed by atoms with Crippen molar-refractivity contribution in [3.05, 3.63) is 35.4 Å². The van der Waals surface area contributed by atoms with Gasteiger partial charge >= 0.3 is 0 Å². The van der Waals surface area contributed by atoms with Crippen molar-refractivity contribution in [1.82, 2.24) is 5.32 Å². The van der Waals surface area contributed by atoms with Crippen LogP contribution in [-0.4, -0.2) is 17.5 Å². The van der Waals surface area contributed by atoms with Crippen LogP contribution in [0.15, 0.2) is 29.3 Å². The van der Waals surface area contributed by atoms with E-state index in [4.69, 9.17) is 4.99 Å². The Bertz CT molecular complexity index is 433. The third-order valence-corrected chi connectivity index (χ3v) is 5.44. The van der Waals surface area contributed by atoms with Crippen LogP contribution in [0.2, 0.25) is 0 Å². The van der Waals surface area contributed by atoms with Crippen molar-refractivity contribution in [3.8, 4) is 0 Å². The Balaban J connectivity index is 1.88. The van der Waals surface area contributed by atoms with Crippen molar-refractivity contribution < 1.29 is 0 Å². The van der Waals surface area contributed by atoms with Crippen LogP contribution in [0.1, 0.15) is 37.8 Å². The van der Waals surface area contributed by atoms with Crippen molar-refractivity contribution in [2.24, 2.45) is 10.4 Å². The number of aliphatic imine (C=N–C) groups is 1. The Kier molecular flexibility index (Phi) is 4.92. The van der Waals surface area contributed by atoms with Crippen LogP contribution in [0.5, 0.6) is 0 Å². The van der Waals surface area contributed by atoms with Gasteiger partial charge < -0.3 is 5.32 Å². The van der Waals surface area contributed by atoms with Crippen molar-refractivity contribution in [2.75, 3.05) is 12.3 Å². The van der Waals surface area contributed by atoms with Gasteiger partial charge in [0.25, 0.3) is 0 Å². The average Bonchev–Trinajstić information content (AvgIpc) is 2.47. The lowest BCUT2D eigenvalue weighted by atomic mass is 9.84. The molecule has 0 aromatic heterocycles. The summed E-state index contributed by atoms with van der Waals surface area (Å²) in [4.78, 5) is 4.73. The molecule has 0 saturated carbocycles. The highest BCUT2D eigenvalue weighted by molar-refractivity contribution is 8.13. The van der Waals surface area contributed by atoms with Gasteiger partial charge in [0.1, 0.15) is 0 Å². The summed E-state index contributed by atoms with van der Waals surface area (Å²) in [6, 6.07) is 8.68. The number of thioether (sulfide) groups is 1. The van der Waals surface area contributed by atoms with Crippen molar-refractivity contribution in [3.63, 3.8) is 0 Å². The zero-order chi connectivity index (χ0) is 13.7. The van der Waals surface area contributed by atoms with Crippen LogP contribution < -0.4 is 5.32 Å². The fraction of sp³-hybridized carbons (Fsp3) is 0.562. The number of nitrogens with one attached hydrogen (secondary N) is 1. The highest BCUT2D eigenvalue weighted by Gasteiger charge is 2.29. The van der Waals surface area contributed by atoms with Gasteiger partial charge in [0.05, 0.1) is 0 Å². The SMILES string of the molecule is CCC1(CC)CN=C(NCc2ccc(C)cc2)SC1. The Morgan fingerprint density at radius 1 is 1.21 bits per heavy atom. The van der Waals surface area contributed by atoms with E-state index >= 15 is 0 Å². The van der Waals surface area contributed by atoms with Gasteiger partial charge in [-0.05, 0) is 30.7 Å². The molecule has 2 nitrogen and oxygen atoms in total. The van der Waals surface area contributed by atoms with Crippen molar-refractivity contribution >= 4 is 16.9 Å². The van der Waals surface area contributed by atoms with Gasteiger partial charge in [-0.25, -0.2) is 0 Å². The lowest BCUT2D eigenvalue weighted by molar-refractivity contribution is 0.318. The maximum atomic E-state index is 4.73. The molecule has 0 atom stereocenters. The average molecular weight is 276 g/mol.